The molecule has 2 heterocycles. The first kappa shape index (κ1) is 16.4. The number of aryl methyl sites for hydroxylation is 1. The molecule has 0 spiro atoms. The molecule has 2 aliphatic heterocycles. The number of carbonyl (C=O) groups excluding carboxylic acids is 2. The molecule has 2 N–H and O–H groups in total. The van der Waals surface area contributed by atoms with Crippen LogP contribution in [-0.4, -0.2) is 47.9 Å². The fourth-order valence-electron chi connectivity index (χ4n) is 3.49. The van der Waals surface area contributed by atoms with Crippen LogP contribution in [0.25, 0.3) is 0 Å². The van der Waals surface area contributed by atoms with Crippen molar-refractivity contribution in [3.05, 3.63) is 65.2 Å². The van der Waals surface area contributed by atoms with E-state index in [-0.39, 0.29) is 18.1 Å². The Morgan fingerprint density at radius 3 is 2.54 bits per heavy atom. The second kappa shape index (κ2) is 6.71. The van der Waals surface area contributed by atoms with Gasteiger partial charge in [0.2, 0.25) is 0 Å². The maximum absolute atomic E-state index is 13.1. The number of hydrogen-bond acceptors (Lipinski definition) is 3. The molecule has 6 heteroatoms. The van der Waals surface area contributed by atoms with E-state index in [1.165, 1.54) is 5.56 Å². The smallest absolute Gasteiger partial charge is 0.317 e. The zero-order valence-corrected chi connectivity index (χ0v) is 14.7. The van der Waals surface area contributed by atoms with Crippen molar-refractivity contribution in [3.8, 4) is 0 Å². The first-order valence-electron chi connectivity index (χ1n) is 8.89. The molecule has 1 atom stereocenters. The summed E-state index contributed by atoms with van der Waals surface area (Å²) in [6, 6.07) is 15.7. The zero-order chi connectivity index (χ0) is 18.1. The van der Waals surface area contributed by atoms with Crippen LogP contribution in [0.5, 0.6) is 0 Å². The normalized spacial score (nSPS) is 19.2. The molecule has 1 saturated heterocycles. The van der Waals surface area contributed by atoms with Gasteiger partial charge in [0, 0.05) is 31.9 Å². The van der Waals surface area contributed by atoms with Crippen molar-refractivity contribution in [2.24, 2.45) is 0 Å². The number of urea groups is 1. The summed E-state index contributed by atoms with van der Waals surface area (Å²) in [6.45, 7) is 4.38. The number of carbonyl (C=O) groups is 2. The van der Waals surface area contributed by atoms with E-state index in [1.54, 1.807) is 4.90 Å². The molecule has 3 amide bonds. The quantitative estimate of drug-likeness (QED) is 0.891. The number of benzene rings is 2. The van der Waals surface area contributed by atoms with Gasteiger partial charge < -0.3 is 20.4 Å². The van der Waals surface area contributed by atoms with E-state index in [4.69, 9.17) is 0 Å². The van der Waals surface area contributed by atoms with Crippen molar-refractivity contribution in [3.63, 3.8) is 0 Å². The summed E-state index contributed by atoms with van der Waals surface area (Å²) in [5.74, 6) is -0.00969. The molecule has 0 aliphatic carbocycles. The molecule has 2 aromatic rings. The minimum Gasteiger partial charge on any atom is -0.361 e. The van der Waals surface area contributed by atoms with Gasteiger partial charge >= 0.3 is 6.03 Å². The van der Waals surface area contributed by atoms with Crippen molar-refractivity contribution < 1.29 is 9.59 Å². The van der Waals surface area contributed by atoms with Crippen LogP contribution in [0.3, 0.4) is 0 Å². The van der Waals surface area contributed by atoms with E-state index in [2.05, 4.69) is 10.6 Å². The van der Waals surface area contributed by atoms with Gasteiger partial charge in [-0.05, 0) is 24.6 Å². The van der Waals surface area contributed by atoms with Crippen molar-refractivity contribution in [2.45, 2.75) is 13.1 Å². The van der Waals surface area contributed by atoms with E-state index in [9.17, 15) is 9.59 Å². The lowest BCUT2D eigenvalue weighted by Gasteiger charge is -2.38. The Kier molecular flexibility index (Phi) is 4.24. The summed E-state index contributed by atoms with van der Waals surface area (Å²) < 4.78 is 0. The van der Waals surface area contributed by atoms with Crippen LogP contribution in [0, 0.1) is 6.92 Å². The fourth-order valence-corrected chi connectivity index (χ4v) is 3.49. The zero-order valence-electron chi connectivity index (χ0n) is 14.7. The summed E-state index contributed by atoms with van der Waals surface area (Å²) in [5.41, 5.74) is 3.72. The molecule has 6 nitrogen and oxygen atoms in total. The monoisotopic (exact) mass is 350 g/mol. The highest BCUT2D eigenvalue weighted by Gasteiger charge is 2.33. The van der Waals surface area contributed by atoms with Crippen LogP contribution in [-0.2, 0) is 0 Å². The fraction of sp³-hybridized carbons (Fsp3) is 0.300. The second-order valence-corrected chi connectivity index (χ2v) is 6.72. The van der Waals surface area contributed by atoms with Crippen molar-refractivity contribution in [1.29, 1.82) is 0 Å². The number of nitrogens with zero attached hydrogens (tertiary/aromatic N) is 2. The molecule has 1 fully saturated rings. The molecule has 0 radical (unpaired) electrons. The third-order valence-corrected chi connectivity index (χ3v) is 4.97. The number of hydrogen-bond donors (Lipinski definition) is 2. The molecular formula is C20H22N4O2. The molecule has 4 rings (SSSR count). The van der Waals surface area contributed by atoms with Gasteiger partial charge in [-0.3, -0.25) is 4.79 Å². The number of fused-ring (bicyclic) bond motifs is 1. The summed E-state index contributed by atoms with van der Waals surface area (Å²) >= 11 is 0. The van der Waals surface area contributed by atoms with Gasteiger partial charge in [0.05, 0.1) is 5.56 Å². The third kappa shape index (κ3) is 2.98. The minimum atomic E-state index is -0.247. The molecule has 0 saturated carbocycles. The Bertz CT molecular complexity index is 834. The Hall–Kier alpha value is -3.02. The summed E-state index contributed by atoms with van der Waals surface area (Å²) in [6.07, 6.45) is -0.247. The minimum absolute atomic E-state index is 0.00969. The molecular weight excluding hydrogens is 328 g/mol. The van der Waals surface area contributed by atoms with Gasteiger partial charge in [-0.1, -0.05) is 42.0 Å². The topological polar surface area (TPSA) is 64.7 Å². The predicted octanol–water partition coefficient (Wildman–Crippen LogP) is 2.59. The number of para-hydroxylation sites is 1. The van der Waals surface area contributed by atoms with E-state index < -0.39 is 0 Å². The third-order valence-electron chi connectivity index (χ3n) is 4.97. The van der Waals surface area contributed by atoms with Crippen LogP contribution in [0.2, 0.25) is 0 Å². The SMILES string of the molecule is Cc1ccc([C@@H]2Nc3ccccc3C(=O)N2CCN2CCNC2=O)cc1. The van der Waals surface area contributed by atoms with Crippen molar-refractivity contribution in [1.82, 2.24) is 15.1 Å². The Morgan fingerprint density at radius 2 is 1.81 bits per heavy atom. The molecule has 0 unspecified atom stereocenters. The molecule has 0 bridgehead atoms. The largest absolute Gasteiger partial charge is 0.361 e. The lowest BCUT2D eigenvalue weighted by molar-refractivity contribution is 0.0668. The lowest BCUT2D eigenvalue weighted by atomic mass is 10.0. The summed E-state index contributed by atoms with van der Waals surface area (Å²) in [5, 5.41) is 6.29. The van der Waals surface area contributed by atoms with Crippen LogP contribution < -0.4 is 10.6 Å². The maximum Gasteiger partial charge on any atom is 0.317 e. The van der Waals surface area contributed by atoms with Gasteiger partial charge in [-0.25, -0.2) is 4.79 Å². The van der Waals surface area contributed by atoms with Crippen molar-refractivity contribution in [2.75, 3.05) is 31.5 Å². The lowest BCUT2D eigenvalue weighted by Crippen LogP contribution is -2.46. The van der Waals surface area contributed by atoms with Crippen molar-refractivity contribution >= 4 is 17.6 Å². The van der Waals surface area contributed by atoms with E-state index in [0.717, 1.165) is 11.3 Å². The van der Waals surface area contributed by atoms with E-state index in [1.807, 2.05) is 60.4 Å². The number of nitrogens with one attached hydrogen (secondary N) is 2. The van der Waals surface area contributed by atoms with E-state index in [0.29, 0.717) is 31.7 Å². The van der Waals surface area contributed by atoms with Crippen LogP contribution in [0.15, 0.2) is 48.5 Å². The first-order chi connectivity index (χ1) is 12.6. The Morgan fingerprint density at radius 1 is 1.04 bits per heavy atom. The van der Waals surface area contributed by atoms with Gasteiger partial charge in [0.15, 0.2) is 0 Å². The van der Waals surface area contributed by atoms with Gasteiger partial charge in [0.25, 0.3) is 5.91 Å². The van der Waals surface area contributed by atoms with Crippen LogP contribution >= 0.6 is 0 Å². The van der Waals surface area contributed by atoms with Crippen LogP contribution in [0.1, 0.15) is 27.7 Å². The second-order valence-electron chi connectivity index (χ2n) is 6.72. The maximum atomic E-state index is 13.1. The molecule has 0 aromatic heterocycles. The number of amides is 3. The Labute approximate surface area is 152 Å². The average Bonchev–Trinajstić information content (AvgIpc) is 3.06. The summed E-state index contributed by atoms with van der Waals surface area (Å²) in [7, 11) is 0. The number of anilines is 1. The molecule has 2 aromatic carbocycles. The molecule has 26 heavy (non-hydrogen) atoms. The van der Waals surface area contributed by atoms with Gasteiger partial charge in [-0.15, -0.1) is 0 Å². The highest BCUT2D eigenvalue weighted by atomic mass is 16.2. The summed E-state index contributed by atoms with van der Waals surface area (Å²) in [4.78, 5) is 28.5. The number of rotatable bonds is 4. The first-order valence-corrected chi connectivity index (χ1v) is 8.89. The van der Waals surface area contributed by atoms with Gasteiger partial charge in [-0.2, -0.15) is 0 Å². The Balaban J connectivity index is 1.63. The van der Waals surface area contributed by atoms with Crippen LogP contribution in [0.4, 0.5) is 10.5 Å². The highest BCUT2D eigenvalue weighted by molar-refractivity contribution is 6.01. The standard InChI is InChI=1S/C20H22N4O2/c1-14-6-8-15(9-7-14)18-22-17-5-3-2-4-16(17)19(25)24(18)13-12-23-11-10-21-20(23)26/h2-9,18,22H,10-13H2,1H3,(H,21,26)/t18-/m1/s1. The molecule has 2 aliphatic rings. The predicted molar refractivity (Wildman–Crippen MR) is 100.0 cm³/mol. The van der Waals surface area contributed by atoms with Gasteiger partial charge in [0.1, 0.15) is 6.17 Å². The molecule has 134 valence electrons. The highest BCUT2D eigenvalue weighted by Crippen LogP contribution is 2.32. The van der Waals surface area contributed by atoms with E-state index >= 15 is 0 Å². The average molecular weight is 350 g/mol.